The van der Waals surface area contributed by atoms with Crippen LogP contribution in [-0.2, 0) is 0 Å². The predicted octanol–water partition coefficient (Wildman–Crippen LogP) is 5.23. The first-order valence-corrected chi connectivity index (χ1v) is 8.29. The molecule has 0 atom stereocenters. The van der Waals surface area contributed by atoms with Crippen LogP contribution in [0.1, 0.15) is 22.3 Å². The fraction of sp³-hybridized carbons (Fsp3) is 0.167. The summed E-state index contributed by atoms with van der Waals surface area (Å²) < 4.78 is 59.5. The first-order chi connectivity index (χ1) is 12.0. The minimum Gasteiger partial charge on any atom is -0.487 e. The second-order valence-corrected chi connectivity index (χ2v) is 5.97. The molecule has 0 aliphatic heterocycles. The molecular formula is C18H14F4O2S. The van der Waals surface area contributed by atoms with Gasteiger partial charge in [0, 0.05) is 11.3 Å². The highest BCUT2D eigenvalue weighted by molar-refractivity contribution is 8.14. The van der Waals surface area contributed by atoms with Crippen LogP contribution in [0, 0.1) is 23.3 Å². The summed E-state index contributed by atoms with van der Waals surface area (Å²) in [5.41, 5.74) is -0.346. The quantitative estimate of drug-likeness (QED) is 0.379. The smallest absolute Gasteiger partial charge is 0.219 e. The molecule has 0 aliphatic rings. The fourth-order valence-electron chi connectivity index (χ4n) is 1.99. The van der Waals surface area contributed by atoms with Crippen molar-refractivity contribution in [1.82, 2.24) is 0 Å². The zero-order chi connectivity index (χ0) is 18.4. The van der Waals surface area contributed by atoms with Gasteiger partial charge in [0.1, 0.15) is 0 Å². The molecule has 0 saturated carbocycles. The molecule has 0 unspecified atom stereocenters. The van der Waals surface area contributed by atoms with Gasteiger partial charge >= 0.3 is 0 Å². The van der Waals surface area contributed by atoms with Gasteiger partial charge < -0.3 is 4.74 Å². The SMILES string of the molecule is C=Cc1c(F)c(F)c(OCCCSC(=O)c2ccccc2)c(F)c1F. The minimum absolute atomic E-state index is 0.148. The number of benzene rings is 2. The lowest BCUT2D eigenvalue weighted by atomic mass is 10.1. The Morgan fingerprint density at radius 3 is 2.20 bits per heavy atom. The van der Waals surface area contributed by atoms with Crippen LogP contribution in [0.4, 0.5) is 17.6 Å². The molecular weight excluding hydrogens is 356 g/mol. The minimum atomic E-state index is -1.61. The molecule has 0 bridgehead atoms. The van der Waals surface area contributed by atoms with E-state index in [1.165, 1.54) is 0 Å². The average Bonchev–Trinajstić information content (AvgIpc) is 2.63. The van der Waals surface area contributed by atoms with Crippen molar-refractivity contribution in [2.75, 3.05) is 12.4 Å². The van der Waals surface area contributed by atoms with E-state index in [1.54, 1.807) is 30.3 Å². The fourth-order valence-corrected chi connectivity index (χ4v) is 2.74. The zero-order valence-corrected chi connectivity index (χ0v) is 13.8. The van der Waals surface area contributed by atoms with Gasteiger partial charge in [0.05, 0.1) is 12.2 Å². The molecule has 0 fully saturated rings. The third kappa shape index (κ3) is 4.42. The van der Waals surface area contributed by atoms with Crippen molar-refractivity contribution in [3.8, 4) is 5.75 Å². The number of rotatable bonds is 7. The number of halogens is 4. The van der Waals surface area contributed by atoms with E-state index in [0.29, 0.717) is 17.4 Å². The maximum atomic E-state index is 13.7. The van der Waals surface area contributed by atoms with E-state index >= 15 is 0 Å². The number of carbonyl (C=O) groups excluding carboxylic acids is 1. The van der Waals surface area contributed by atoms with Crippen LogP contribution in [-0.4, -0.2) is 17.5 Å². The van der Waals surface area contributed by atoms with E-state index in [0.717, 1.165) is 11.8 Å². The molecule has 0 radical (unpaired) electrons. The second-order valence-electron chi connectivity index (χ2n) is 4.91. The molecule has 0 aliphatic carbocycles. The molecule has 2 rings (SSSR count). The van der Waals surface area contributed by atoms with Crippen molar-refractivity contribution in [3.05, 3.63) is 71.3 Å². The molecule has 7 heteroatoms. The molecule has 132 valence electrons. The van der Waals surface area contributed by atoms with Gasteiger partial charge in [-0.3, -0.25) is 4.79 Å². The van der Waals surface area contributed by atoms with Crippen molar-refractivity contribution in [1.29, 1.82) is 0 Å². The van der Waals surface area contributed by atoms with Gasteiger partial charge in [0.2, 0.25) is 16.7 Å². The molecule has 0 amide bonds. The van der Waals surface area contributed by atoms with Gasteiger partial charge in [-0.1, -0.05) is 54.7 Å². The number of ether oxygens (including phenoxy) is 1. The monoisotopic (exact) mass is 370 g/mol. The second kappa shape index (κ2) is 8.71. The van der Waals surface area contributed by atoms with E-state index in [-0.39, 0.29) is 18.1 Å². The highest BCUT2D eigenvalue weighted by Gasteiger charge is 2.25. The van der Waals surface area contributed by atoms with Crippen molar-refractivity contribution in [3.63, 3.8) is 0 Å². The van der Waals surface area contributed by atoms with Gasteiger partial charge in [-0.05, 0) is 6.42 Å². The number of carbonyl (C=O) groups is 1. The Morgan fingerprint density at radius 1 is 1.04 bits per heavy atom. The van der Waals surface area contributed by atoms with E-state index < -0.39 is 34.6 Å². The van der Waals surface area contributed by atoms with Crippen LogP contribution in [0.3, 0.4) is 0 Å². The van der Waals surface area contributed by atoms with Crippen LogP contribution in [0.2, 0.25) is 0 Å². The Bertz CT molecular complexity index is 749. The Labute approximate surface area is 146 Å². The van der Waals surface area contributed by atoms with E-state index in [1.807, 2.05) is 0 Å². The molecule has 0 heterocycles. The highest BCUT2D eigenvalue weighted by Crippen LogP contribution is 2.30. The van der Waals surface area contributed by atoms with Gasteiger partial charge in [0.15, 0.2) is 17.4 Å². The summed E-state index contributed by atoms with van der Waals surface area (Å²) in [6.07, 6.45) is 0.945. The van der Waals surface area contributed by atoms with Crippen LogP contribution in [0.15, 0.2) is 36.9 Å². The van der Waals surface area contributed by atoms with E-state index in [4.69, 9.17) is 4.74 Å². The van der Waals surface area contributed by atoms with Crippen LogP contribution in [0.25, 0.3) is 6.08 Å². The molecule has 25 heavy (non-hydrogen) atoms. The van der Waals surface area contributed by atoms with Crippen molar-refractivity contribution in [2.24, 2.45) is 0 Å². The molecule has 0 spiro atoms. The summed E-state index contributed by atoms with van der Waals surface area (Å²) in [5.74, 6) is -7.12. The van der Waals surface area contributed by atoms with Crippen molar-refractivity contribution >= 4 is 23.0 Å². The lowest BCUT2D eigenvalue weighted by Crippen LogP contribution is -2.08. The first kappa shape index (κ1) is 19.1. The maximum absolute atomic E-state index is 13.7. The molecule has 2 aromatic rings. The van der Waals surface area contributed by atoms with E-state index in [2.05, 4.69) is 6.58 Å². The van der Waals surface area contributed by atoms with Gasteiger partial charge in [0.25, 0.3) is 0 Å². The molecule has 2 aromatic carbocycles. The lowest BCUT2D eigenvalue weighted by molar-refractivity contribution is 0.108. The normalized spacial score (nSPS) is 10.6. The molecule has 0 N–H and O–H groups in total. The standard InChI is InChI=1S/C18H14F4O2S/c1-2-12-13(19)15(21)17(16(22)14(12)20)24-9-6-10-25-18(23)11-7-4-3-5-8-11/h2-5,7-8H,1,6,9-10H2. The Kier molecular flexibility index (Phi) is 6.64. The Morgan fingerprint density at radius 2 is 1.64 bits per heavy atom. The predicted molar refractivity (Wildman–Crippen MR) is 89.7 cm³/mol. The summed E-state index contributed by atoms with van der Waals surface area (Å²) in [4.78, 5) is 11.8. The number of hydrogen-bond donors (Lipinski definition) is 0. The van der Waals surface area contributed by atoms with Gasteiger partial charge in [-0.25, -0.2) is 8.78 Å². The van der Waals surface area contributed by atoms with Crippen LogP contribution < -0.4 is 4.74 Å². The van der Waals surface area contributed by atoms with Crippen LogP contribution >= 0.6 is 11.8 Å². The Balaban J connectivity index is 1.90. The summed E-state index contributed by atoms with van der Waals surface area (Å²) in [5, 5.41) is -0.148. The number of thioether (sulfide) groups is 1. The molecule has 0 aromatic heterocycles. The summed E-state index contributed by atoms with van der Waals surface area (Å²) in [7, 11) is 0. The van der Waals surface area contributed by atoms with E-state index in [9.17, 15) is 22.4 Å². The third-order valence-electron chi connectivity index (χ3n) is 3.24. The number of hydrogen-bond acceptors (Lipinski definition) is 3. The molecule has 2 nitrogen and oxygen atoms in total. The van der Waals surface area contributed by atoms with Crippen molar-refractivity contribution in [2.45, 2.75) is 6.42 Å². The zero-order valence-electron chi connectivity index (χ0n) is 13.0. The lowest BCUT2D eigenvalue weighted by Gasteiger charge is -2.11. The topological polar surface area (TPSA) is 26.3 Å². The maximum Gasteiger partial charge on any atom is 0.219 e. The van der Waals surface area contributed by atoms with Gasteiger partial charge in [-0.15, -0.1) is 0 Å². The Hall–Kier alpha value is -2.28. The van der Waals surface area contributed by atoms with Crippen molar-refractivity contribution < 1.29 is 27.1 Å². The van der Waals surface area contributed by atoms with Crippen LogP contribution in [0.5, 0.6) is 5.75 Å². The average molecular weight is 370 g/mol. The largest absolute Gasteiger partial charge is 0.487 e. The third-order valence-corrected chi connectivity index (χ3v) is 4.23. The summed E-state index contributed by atoms with van der Waals surface area (Å²) in [6.45, 7) is 2.90. The summed E-state index contributed by atoms with van der Waals surface area (Å²) >= 11 is 1.02. The summed E-state index contributed by atoms with van der Waals surface area (Å²) in [6, 6.07) is 8.60. The molecule has 0 saturated heterocycles. The highest BCUT2D eigenvalue weighted by atomic mass is 32.2. The van der Waals surface area contributed by atoms with Gasteiger partial charge in [-0.2, -0.15) is 8.78 Å². The first-order valence-electron chi connectivity index (χ1n) is 7.30.